The summed E-state index contributed by atoms with van der Waals surface area (Å²) in [6, 6.07) is 13.4. The van der Waals surface area contributed by atoms with Crippen molar-refractivity contribution in [2.45, 2.75) is 26.8 Å². The predicted octanol–water partition coefficient (Wildman–Crippen LogP) is 3.80. The van der Waals surface area contributed by atoms with Crippen LogP contribution < -0.4 is 10.1 Å². The minimum atomic E-state index is -0.0976. The number of ether oxygens (including phenoxy) is 1. The second kappa shape index (κ2) is 6.44. The number of methoxy groups -OCH3 is 1. The van der Waals surface area contributed by atoms with Gasteiger partial charge in [-0.15, -0.1) is 0 Å². The van der Waals surface area contributed by atoms with Gasteiger partial charge in [0.2, 0.25) is 0 Å². The normalized spacial score (nSPS) is 11.8. The molecule has 0 aliphatic carbocycles. The lowest BCUT2D eigenvalue weighted by Gasteiger charge is -2.16. The van der Waals surface area contributed by atoms with Crippen LogP contribution >= 0.6 is 0 Å². The molecule has 0 spiro atoms. The van der Waals surface area contributed by atoms with Gasteiger partial charge in [-0.3, -0.25) is 4.79 Å². The second-order valence-electron chi connectivity index (χ2n) is 5.27. The molecule has 3 nitrogen and oxygen atoms in total. The molecule has 110 valence electrons. The lowest BCUT2D eigenvalue weighted by atomic mass is 10.0. The topological polar surface area (TPSA) is 38.3 Å². The Morgan fingerprint density at radius 1 is 1.10 bits per heavy atom. The standard InChI is InChI=1S/C18H21NO2/c1-12-8-9-15(10-13(12)2)14(3)19-18(20)16-6-5-7-17(11-16)21-4/h5-11,14H,1-4H3,(H,19,20). The molecule has 2 aromatic rings. The van der Waals surface area contributed by atoms with Gasteiger partial charge < -0.3 is 10.1 Å². The Labute approximate surface area is 126 Å². The number of amides is 1. The van der Waals surface area contributed by atoms with E-state index in [1.807, 2.05) is 19.1 Å². The van der Waals surface area contributed by atoms with Gasteiger partial charge in [0.25, 0.3) is 5.91 Å². The Kier molecular flexibility index (Phi) is 4.63. The van der Waals surface area contributed by atoms with Crippen LogP contribution in [0.3, 0.4) is 0 Å². The van der Waals surface area contributed by atoms with Crippen LogP contribution in [0.5, 0.6) is 5.75 Å². The lowest BCUT2D eigenvalue weighted by Crippen LogP contribution is -2.26. The van der Waals surface area contributed by atoms with E-state index in [0.29, 0.717) is 11.3 Å². The maximum Gasteiger partial charge on any atom is 0.251 e. The van der Waals surface area contributed by atoms with Crippen LogP contribution in [0, 0.1) is 13.8 Å². The first-order chi connectivity index (χ1) is 10.0. The van der Waals surface area contributed by atoms with Crippen LogP contribution in [0.4, 0.5) is 0 Å². The molecule has 2 aromatic carbocycles. The zero-order valence-electron chi connectivity index (χ0n) is 12.9. The molecule has 1 unspecified atom stereocenters. The van der Waals surface area contributed by atoms with E-state index in [4.69, 9.17) is 4.74 Å². The van der Waals surface area contributed by atoms with E-state index < -0.39 is 0 Å². The molecule has 0 radical (unpaired) electrons. The largest absolute Gasteiger partial charge is 0.497 e. The average molecular weight is 283 g/mol. The van der Waals surface area contributed by atoms with Crippen molar-refractivity contribution >= 4 is 5.91 Å². The molecule has 0 heterocycles. The first-order valence-corrected chi connectivity index (χ1v) is 7.03. The summed E-state index contributed by atoms with van der Waals surface area (Å²) >= 11 is 0. The number of nitrogens with one attached hydrogen (secondary N) is 1. The number of rotatable bonds is 4. The molecule has 0 saturated carbocycles. The van der Waals surface area contributed by atoms with Crippen LogP contribution in [0.2, 0.25) is 0 Å². The molecule has 0 aromatic heterocycles. The van der Waals surface area contributed by atoms with Crippen molar-refractivity contribution in [1.29, 1.82) is 0 Å². The van der Waals surface area contributed by atoms with E-state index in [9.17, 15) is 4.79 Å². The van der Waals surface area contributed by atoms with Crippen molar-refractivity contribution in [1.82, 2.24) is 5.32 Å². The van der Waals surface area contributed by atoms with Crippen LogP contribution in [-0.2, 0) is 0 Å². The molecule has 21 heavy (non-hydrogen) atoms. The van der Waals surface area contributed by atoms with Gasteiger partial charge in [0.05, 0.1) is 13.2 Å². The Bertz CT molecular complexity index is 649. The predicted molar refractivity (Wildman–Crippen MR) is 84.8 cm³/mol. The second-order valence-corrected chi connectivity index (χ2v) is 5.27. The number of aryl methyl sites for hydroxylation is 2. The Balaban J connectivity index is 2.12. The summed E-state index contributed by atoms with van der Waals surface area (Å²) < 4.78 is 5.14. The third-order valence-electron chi connectivity index (χ3n) is 3.71. The summed E-state index contributed by atoms with van der Waals surface area (Å²) in [4.78, 5) is 12.3. The van der Waals surface area contributed by atoms with Crippen molar-refractivity contribution < 1.29 is 9.53 Å². The Morgan fingerprint density at radius 2 is 1.86 bits per heavy atom. The quantitative estimate of drug-likeness (QED) is 0.926. The monoisotopic (exact) mass is 283 g/mol. The SMILES string of the molecule is COc1cccc(C(=O)NC(C)c2ccc(C)c(C)c2)c1. The van der Waals surface area contributed by atoms with Crippen LogP contribution in [0.15, 0.2) is 42.5 Å². The van der Waals surface area contributed by atoms with Crippen molar-refractivity contribution in [3.05, 3.63) is 64.7 Å². The van der Waals surface area contributed by atoms with Gasteiger partial charge in [0.1, 0.15) is 5.75 Å². The zero-order valence-corrected chi connectivity index (χ0v) is 12.9. The molecule has 1 atom stereocenters. The molecule has 0 aliphatic rings. The number of hydrogen-bond acceptors (Lipinski definition) is 2. The fraction of sp³-hybridized carbons (Fsp3) is 0.278. The first-order valence-electron chi connectivity index (χ1n) is 7.03. The summed E-state index contributed by atoms with van der Waals surface area (Å²) in [5, 5.41) is 3.02. The number of hydrogen-bond donors (Lipinski definition) is 1. The highest BCUT2D eigenvalue weighted by Crippen LogP contribution is 2.18. The summed E-state index contributed by atoms with van der Waals surface area (Å²) in [5.41, 5.74) is 4.19. The molecule has 2 rings (SSSR count). The summed E-state index contributed by atoms with van der Waals surface area (Å²) in [5.74, 6) is 0.584. The highest BCUT2D eigenvalue weighted by Gasteiger charge is 2.12. The Hall–Kier alpha value is -2.29. The summed E-state index contributed by atoms with van der Waals surface area (Å²) in [7, 11) is 1.59. The highest BCUT2D eigenvalue weighted by atomic mass is 16.5. The molecule has 0 aliphatic heterocycles. The summed E-state index contributed by atoms with van der Waals surface area (Å²) in [6.45, 7) is 6.15. The molecule has 0 saturated heterocycles. The van der Waals surface area contributed by atoms with Crippen molar-refractivity contribution in [2.24, 2.45) is 0 Å². The minimum absolute atomic E-state index is 0.0389. The van der Waals surface area contributed by atoms with Gasteiger partial charge in [-0.25, -0.2) is 0 Å². The number of carbonyl (C=O) groups is 1. The van der Waals surface area contributed by atoms with Gasteiger partial charge in [-0.2, -0.15) is 0 Å². The van der Waals surface area contributed by atoms with Crippen molar-refractivity contribution in [3.8, 4) is 5.75 Å². The van der Waals surface area contributed by atoms with E-state index >= 15 is 0 Å². The van der Waals surface area contributed by atoms with Gasteiger partial charge in [-0.05, 0) is 55.7 Å². The van der Waals surface area contributed by atoms with Crippen LogP contribution in [-0.4, -0.2) is 13.0 Å². The van der Waals surface area contributed by atoms with Gasteiger partial charge in [-0.1, -0.05) is 24.3 Å². The van der Waals surface area contributed by atoms with Crippen LogP contribution in [0.25, 0.3) is 0 Å². The third kappa shape index (κ3) is 3.63. The van der Waals surface area contributed by atoms with E-state index in [0.717, 1.165) is 5.56 Å². The third-order valence-corrected chi connectivity index (χ3v) is 3.71. The molecule has 0 bridgehead atoms. The lowest BCUT2D eigenvalue weighted by molar-refractivity contribution is 0.0939. The van der Waals surface area contributed by atoms with Crippen LogP contribution in [0.1, 0.15) is 40.0 Å². The molecule has 0 fully saturated rings. The van der Waals surface area contributed by atoms with E-state index in [1.165, 1.54) is 11.1 Å². The molecule has 1 amide bonds. The summed E-state index contributed by atoms with van der Waals surface area (Å²) in [6.07, 6.45) is 0. The van der Waals surface area contributed by atoms with Crippen molar-refractivity contribution in [2.75, 3.05) is 7.11 Å². The maximum absolute atomic E-state index is 12.3. The highest BCUT2D eigenvalue weighted by molar-refractivity contribution is 5.94. The fourth-order valence-corrected chi connectivity index (χ4v) is 2.16. The van der Waals surface area contributed by atoms with Crippen molar-refractivity contribution in [3.63, 3.8) is 0 Å². The zero-order chi connectivity index (χ0) is 15.4. The van der Waals surface area contributed by atoms with Gasteiger partial charge in [0, 0.05) is 5.56 Å². The average Bonchev–Trinajstić information content (AvgIpc) is 2.49. The molecule has 3 heteroatoms. The molecular formula is C18H21NO2. The first kappa shape index (κ1) is 15.1. The van der Waals surface area contributed by atoms with E-state index in [1.54, 1.807) is 19.2 Å². The number of carbonyl (C=O) groups excluding carboxylic acids is 1. The fourth-order valence-electron chi connectivity index (χ4n) is 2.16. The number of benzene rings is 2. The smallest absolute Gasteiger partial charge is 0.251 e. The van der Waals surface area contributed by atoms with E-state index in [2.05, 4.69) is 37.4 Å². The minimum Gasteiger partial charge on any atom is -0.497 e. The van der Waals surface area contributed by atoms with Gasteiger partial charge >= 0.3 is 0 Å². The van der Waals surface area contributed by atoms with E-state index in [-0.39, 0.29) is 11.9 Å². The maximum atomic E-state index is 12.3. The van der Waals surface area contributed by atoms with Gasteiger partial charge in [0.15, 0.2) is 0 Å². The Morgan fingerprint density at radius 3 is 2.52 bits per heavy atom. The molecule has 1 N–H and O–H groups in total. The molecular weight excluding hydrogens is 262 g/mol.